The maximum atomic E-state index is 9.56. The van der Waals surface area contributed by atoms with Crippen molar-refractivity contribution in [2.45, 2.75) is 0 Å². The maximum Gasteiger partial charge on any atom is 0.491 e. The molecule has 98 valence electrons. The summed E-state index contributed by atoms with van der Waals surface area (Å²) in [5, 5.41) is 36.2. The highest BCUT2D eigenvalue weighted by Crippen LogP contribution is 1.90. The van der Waals surface area contributed by atoms with Crippen LogP contribution in [0.1, 0.15) is 0 Å². The van der Waals surface area contributed by atoms with Crippen molar-refractivity contribution in [3.05, 3.63) is 24.3 Å². The molecule has 0 saturated carbocycles. The van der Waals surface area contributed by atoms with Crippen molar-refractivity contribution < 1.29 is 29.6 Å². The fourth-order valence-corrected chi connectivity index (χ4v) is 1.35. The fraction of sp³-hybridized carbons (Fsp3) is 0.400. The Bertz CT molecular complexity index is 301. The third-order valence-electron chi connectivity index (χ3n) is 2.24. The van der Waals surface area contributed by atoms with Crippen LogP contribution in [0.15, 0.2) is 24.3 Å². The Morgan fingerprint density at radius 3 is 1.39 bits per heavy atom. The molecule has 0 saturated heterocycles. The van der Waals surface area contributed by atoms with Crippen molar-refractivity contribution in [1.29, 1.82) is 0 Å². The van der Waals surface area contributed by atoms with E-state index in [2.05, 4.69) is 0 Å². The molecule has 0 unspecified atom stereocenters. The molecule has 1 rings (SSSR count). The SMILES string of the molecule is OCCOB(O)c1ccc(B(O)OCCO)cc1. The summed E-state index contributed by atoms with van der Waals surface area (Å²) in [5.41, 5.74) is 1.03. The van der Waals surface area contributed by atoms with Crippen LogP contribution in [0.3, 0.4) is 0 Å². The first-order valence-corrected chi connectivity index (χ1v) is 5.60. The number of aliphatic hydroxyl groups excluding tert-OH is 2. The third kappa shape index (κ3) is 4.77. The molecule has 4 N–H and O–H groups in total. The Morgan fingerprint density at radius 1 is 0.778 bits per heavy atom. The Balaban J connectivity index is 2.56. The summed E-state index contributed by atoms with van der Waals surface area (Å²) in [7, 11) is -2.22. The Labute approximate surface area is 106 Å². The van der Waals surface area contributed by atoms with E-state index in [9.17, 15) is 10.0 Å². The predicted octanol–water partition coefficient (Wildman–Crippen LogP) is -2.92. The molecule has 0 aromatic heterocycles. The van der Waals surface area contributed by atoms with Gasteiger partial charge in [0.25, 0.3) is 0 Å². The number of rotatable bonds is 8. The van der Waals surface area contributed by atoms with Crippen molar-refractivity contribution >= 4 is 25.2 Å². The average molecular weight is 254 g/mol. The normalized spacial score (nSPS) is 10.4. The zero-order valence-corrected chi connectivity index (χ0v) is 9.90. The second kappa shape index (κ2) is 8.25. The van der Waals surface area contributed by atoms with Crippen molar-refractivity contribution in [1.82, 2.24) is 0 Å². The minimum Gasteiger partial charge on any atom is -0.423 e. The van der Waals surface area contributed by atoms with Gasteiger partial charge in [-0.3, -0.25) is 0 Å². The number of hydrogen-bond acceptors (Lipinski definition) is 6. The molecular formula is C10H16B2O6. The van der Waals surface area contributed by atoms with E-state index in [1.54, 1.807) is 24.3 Å². The summed E-state index contributed by atoms with van der Waals surface area (Å²) in [4.78, 5) is 0. The summed E-state index contributed by atoms with van der Waals surface area (Å²) < 4.78 is 9.84. The summed E-state index contributed by atoms with van der Waals surface area (Å²) in [6.07, 6.45) is 0. The molecule has 0 radical (unpaired) electrons. The van der Waals surface area contributed by atoms with Crippen LogP contribution in [-0.4, -0.2) is 60.9 Å². The molecule has 18 heavy (non-hydrogen) atoms. The minimum atomic E-state index is -1.11. The lowest BCUT2D eigenvalue weighted by atomic mass is 9.74. The number of aliphatic hydroxyl groups is 2. The van der Waals surface area contributed by atoms with Gasteiger partial charge in [-0.15, -0.1) is 0 Å². The van der Waals surface area contributed by atoms with Crippen molar-refractivity contribution in [3.63, 3.8) is 0 Å². The van der Waals surface area contributed by atoms with Gasteiger partial charge in [0.2, 0.25) is 0 Å². The zero-order chi connectivity index (χ0) is 13.4. The Kier molecular flexibility index (Phi) is 6.96. The van der Waals surface area contributed by atoms with Crippen LogP contribution in [-0.2, 0) is 9.31 Å². The Morgan fingerprint density at radius 2 is 1.11 bits per heavy atom. The van der Waals surface area contributed by atoms with Crippen LogP contribution in [0.25, 0.3) is 0 Å². The molecule has 0 bridgehead atoms. The summed E-state index contributed by atoms with van der Waals surface area (Å²) >= 11 is 0. The van der Waals surface area contributed by atoms with Crippen LogP contribution < -0.4 is 10.9 Å². The first-order chi connectivity index (χ1) is 8.69. The first kappa shape index (κ1) is 15.2. The highest BCUT2D eigenvalue weighted by Gasteiger charge is 2.19. The average Bonchev–Trinajstić information content (AvgIpc) is 2.42. The molecule has 6 nitrogen and oxygen atoms in total. The second-order valence-electron chi connectivity index (χ2n) is 3.56. The minimum absolute atomic E-state index is 0.0468. The summed E-state index contributed by atoms with van der Waals surface area (Å²) in [6.45, 7) is -0.234. The quantitative estimate of drug-likeness (QED) is 0.371. The van der Waals surface area contributed by atoms with E-state index in [1.165, 1.54) is 0 Å². The molecular weight excluding hydrogens is 238 g/mol. The van der Waals surface area contributed by atoms with Crippen LogP contribution >= 0.6 is 0 Å². The molecule has 1 aromatic rings. The maximum absolute atomic E-state index is 9.56. The van der Waals surface area contributed by atoms with Gasteiger partial charge in [-0.25, -0.2) is 0 Å². The standard InChI is InChI=1S/C10H16B2O6/c13-5-7-17-11(15)9-1-2-10(4-3-9)12(16)18-8-6-14/h1-4,13-16H,5-8H2. The van der Waals surface area contributed by atoms with Gasteiger partial charge >= 0.3 is 14.2 Å². The predicted molar refractivity (Wildman–Crippen MR) is 67.7 cm³/mol. The van der Waals surface area contributed by atoms with Crippen molar-refractivity contribution in [2.24, 2.45) is 0 Å². The van der Waals surface area contributed by atoms with Gasteiger partial charge in [-0.2, -0.15) is 0 Å². The molecule has 0 atom stereocenters. The molecule has 0 aliphatic rings. The fourth-order valence-electron chi connectivity index (χ4n) is 1.35. The number of hydrogen-bond donors (Lipinski definition) is 4. The van der Waals surface area contributed by atoms with Crippen molar-refractivity contribution in [2.75, 3.05) is 26.4 Å². The molecule has 8 heteroatoms. The molecule has 0 fully saturated rings. The first-order valence-electron chi connectivity index (χ1n) is 5.60. The topological polar surface area (TPSA) is 99.4 Å². The van der Waals surface area contributed by atoms with Crippen LogP contribution in [0.2, 0.25) is 0 Å². The van der Waals surface area contributed by atoms with Gasteiger partial charge in [-0.05, 0) is 10.9 Å². The van der Waals surface area contributed by atoms with Gasteiger partial charge in [0, 0.05) is 0 Å². The van der Waals surface area contributed by atoms with E-state index < -0.39 is 14.2 Å². The van der Waals surface area contributed by atoms with E-state index in [0.29, 0.717) is 10.9 Å². The van der Waals surface area contributed by atoms with E-state index in [0.717, 1.165) is 0 Å². The summed E-state index contributed by atoms with van der Waals surface area (Å²) in [5.74, 6) is 0. The third-order valence-corrected chi connectivity index (χ3v) is 2.24. The smallest absolute Gasteiger partial charge is 0.423 e. The molecule has 0 aliphatic heterocycles. The highest BCUT2D eigenvalue weighted by molar-refractivity contribution is 6.62. The summed E-state index contributed by atoms with van der Waals surface area (Å²) in [6, 6.07) is 6.34. The van der Waals surface area contributed by atoms with Gasteiger partial charge < -0.3 is 29.6 Å². The van der Waals surface area contributed by atoms with Gasteiger partial charge in [0.15, 0.2) is 0 Å². The van der Waals surface area contributed by atoms with E-state index in [4.69, 9.17) is 19.5 Å². The van der Waals surface area contributed by atoms with Crippen molar-refractivity contribution in [3.8, 4) is 0 Å². The number of benzene rings is 1. The van der Waals surface area contributed by atoms with Gasteiger partial charge in [-0.1, -0.05) is 24.3 Å². The molecule has 0 amide bonds. The lowest BCUT2D eigenvalue weighted by molar-refractivity contribution is 0.183. The largest absolute Gasteiger partial charge is 0.491 e. The van der Waals surface area contributed by atoms with Crippen LogP contribution in [0.5, 0.6) is 0 Å². The second-order valence-corrected chi connectivity index (χ2v) is 3.56. The van der Waals surface area contributed by atoms with E-state index >= 15 is 0 Å². The lowest BCUT2D eigenvalue weighted by Gasteiger charge is -2.09. The van der Waals surface area contributed by atoms with Gasteiger partial charge in [0.05, 0.1) is 26.4 Å². The molecule has 0 aliphatic carbocycles. The lowest BCUT2D eigenvalue weighted by Crippen LogP contribution is -2.38. The molecule has 1 aromatic carbocycles. The monoisotopic (exact) mass is 254 g/mol. The molecule has 0 heterocycles. The zero-order valence-electron chi connectivity index (χ0n) is 9.90. The van der Waals surface area contributed by atoms with E-state index in [-0.39, 0.29) is 26.4 Å². The highest BCUT2D eigenvalue weighted by atomic mass is 16.5. The van der Waals surface area contributed by atoms with Gasteiger partial charge in [0.1, 0.15) is 0 Å². The van der Waals surface area contributed by atoms with Crippen LogP contribution in [0, 0.1) is 0 Å². The molecule has 0 spiro atoms. The Hall–Kier alpha value is -0.890. The van der Waals surface area contributed by atoms with Crippen LogP contribution in [0.4, 0.5) is 0 Å². The van der Waals surface area contributed by atoms with E-state index in [1.807, 2.05) is 0 Å².